The summed E-state index contributed by atoms with van der Waals surface area (Å²) in [5.41, 5.74) is 0. The third-order valence-corrected chi connectivity index (χ3v) is 1.50. The minimum atomic E-state index is -3.51. The van der Waals surface area contributed by atoms with E-state index in [0.29, 0.717) is 0 Å². The van der Waals surface area contributed by atoms with E-state index in [1.54, 1.807) is 0 Å². The van der Waals surface area contributed by atoms with E-state index in [9.17, 15) is 18.9 Å². The Balaban J connectivity index is -0.000000180. The summed E-state index contributed by atoms with van der Waals surface area (Å²) in [6.07, 6.45) is 0. The van der Waals surface area contributed by atoms with Crippen LogP contribution in [0.1, 0.15) is 0 Å². The predicted molar refractivity (Wildman–Crippen MR) is 19.1 cm³/mol. The molecule has 0 fully saturated rings. The van der Waals surface area contributed by atoms with Crippen molar-refractivity contribution in [2.24, 2.45) is 0 Å². The average molecular weight is 222 g/mol. The van der Waals surface area contributed by atoms with Crippen molar-refractivity contribution in [2.75, 3.05) is 0 Å². The molecule has 0 spiro atoms. The summed E-state index contributed by atoms with van der Waals surface area (Å²) >= 11 is 0. The van der Waals surface area contributed by atoms with Gasteiger partial charge in [-0.15, -0.1) is 0 Å². The molecule has 0 aliphatic rings. The zero-order valence-corrected chi connectivity index (χ0v) is 13.3. The maximum absolute atomic E-state index is 9.29. The molecule has 0 saturated carbocycles. The fraction of sp³-hybridized carbons (Fsp3) is 0. The van der Waals surface area contributed by atoms with E-state index in [0.717, 1.165) is 0 Å². The fourth-order valence-electron chi connectivity index (χ4n) is 0.0680. The van der Waals surface area contributed by atoms with Crippen LogP contribution in [0.25, 0.3) is 0 Å². The first-order valence-corrected chi connectivity index (χ1v) is 3.67. The minimum Gasteiger partial charge on any atom is -0.781 e. The van der Waals surface area contributed by atoms with Gasteiger partial charge in [-0.05, 0) is 0 Å². The van der Waals surface area contributed by atoms with E-state index >= 15 is 0 Å². The Morgan fingerprint density at radius 2 is 1.22 bits per heavy atom. The van der Waals surface area contributed by atoms with Gasteiger partial charge < -0.3 is 18.9 Å². The molecule has 0 radical (unpaired) electrons. The van der Waals surface area contributed by atoms with Crippen molar-refractivity contribution >= 4 is 16.5 Å². The van der Waals surface area contributed by atoms with Crippen molar-refractivity contribution in [1.29, 1.82) is 0 Å². The van der Waals surface area contributed by atoms with Gasteiger partial charge in [-0.2, -0.15) is 0 Å². The second kappa shape index (κ2) is 11.6. The molecule has 0 saturated heterocycles. The van der Waals surface area contributed by atoms with Crippen molar-refractivity contribution < 1.29 is 126 Å². The van der Waals surface area contributed by atoms with Crippen LogP contribution in [0.2, 0.25) is 0 Å². The summed E-state index contributed by atoms with van der Waals surface area (Å²) in [5, 5.41) is 0. The second-order valence-corrected chi connectivity index (χ2v) is 2.42. The molecule has 9 heavy (non-hydrogen) atoms. The Bertz CT molecular complexity index is 89.1. The standard InChI is InChI=1S/2K.H4O5P2/c;;1-6(2)5-7(3)4/h;;6-7H,(H,1,2)(H,3,4)/q2*+1;/p-2. The van der Waals surface area contributed by atoms with Gasteiger partial charge in [0.05, 0.1) is 0 Å². The first kappa shape index (κ1) is 18.4. The van der Waals surface area contributed by atoms with Gasteiger partial charge in [0, 0.05) is 0 Å². The topological polar surface area (TPSA) is 89.5 Å². The van der Waals surface area contributed by atoms with E-state index in [1.807, 2.05) is 0 Å². The monoisotopic (exact) mass is 222 g/mol. The molecule has 9 heteroatoms. The Labute approximate surface area is 139 Å². The molecule has 0 aliphatic heterocycles. The number of hydrogen-bond donors (Lipinski definition) is 0. The van der Waals surface area contributed by atoms with Gasteiger partial charge in [-0.3, -0.25) is 4.31 Å². The Hall–Kier alpha value is 3.61. The van der Waals surface area contributed by atoms with E-state index in [1.165, 1.54) is 0 Å². The third kappa shape index (κ3) is 18.5. The maximum Gasteiger partial charge on any atom is 1.00 e. The Kier molecular flexibility index (Phi) is 23.8. The van der Waals surface area contributed by atoms with Crippen molar-refractivity contribution in [3.05, 3.63) is 0 Å². The summed E-state index contributed by atoms with van der Waals surface area (Å²) in [6, 6.07) is 0. The first-order valence-electron chi connectivity index (χ1n) is 1.22. The van der Waals surface area contributed by atoms with Crippen LogP contribution >= 0.6 is 16.5 Å². The summed E-state index contributed by atoms with van der Waals surface area (Å²) in [5.74, 6) is 0. The fourth-order valence-corrected chi connectivity index (χ4v) is 0.612. The summed E-state index contributed by atoms with van der Waals surface area (Å²) < 4.78 is 21.8. The molecular formula is H2K2O5P2. The Morgan fingerprint density at radius 1 is 1.00 bits per heavy atom. The van der Waals surface area contributed by atoms with Crippen LogP contribution in [-0.2, 0) is 13.4 Å². The van der Waals surface area contributed by atoms with Crippen LogP contribution in [0.4, 0.5) is 0 Å². The van der Waals surface area contributed by atoms with E-state index in [-0.39, 0.29) is 103 Å². The third-order valence-electron chi connectivity index (χ3n) is 0.167. The average Bonchev–Trinajstić information content (AvgIpc) is 1.27. The van der Waals surface area contributed by atoms with E-state index in [4.69, 9.17) is 0 Å². The van der Waals surface area contributed by atoms with Crippen LogP contribution in [0.15, 0.2) is 0 Å². The molecule has 5 nitrogen and oxygen atoms in total. The van der Waals surface area contributed by atoms with Gasteiger partial charge in [-0.25, -0.2) is 0 Å². The van der Waals surface area contributed by atoms with Crippen LogP contribution in [0, 0.1) is 0 Å². The zero-order valence-electron chi connectivity index (χ0n) is 5.04. The summed E-state index contributed by atoms with van der Waals surface area (Å²) in [4.78, 5) is 18.6. The van der Waals surface area contributed by atoms with Crippen LogP contribution in [0.5, 0.6) is 0 Å². The summed E-state index contributed by atoms with van der Waals surface area (Å²) in [7, 11) is -7.03. The van der Waals surface area contributed by atoms with Gasteiger partial charge in [0.1, 0.15) is 16.5 Å². The van der Waals surface area contributed by atoms with Gasteiger partial charge >= 0.3 is 103 Å². The molecule has 0 N–H and O–H groups in total. The second-order valence-electron chi connectivity index (χ2n) is 0.602. The number of rotatable bonds is 2. The molecule has 0 aromatic carbocycles. The molecule has 0 aromatic rings. The normalized spacial score (nSPS) is 14.4. The van der Waals surface area contributed by atoms with Crippen LogP contribution in [0.3, 0.4) is 0 Å². The van der Waals surface area contributed by atoms with Crippen molar-refractivity contribution in [1.82, 2.24) is 0 Å². The molecule has 0 heterocycles. The molecule has 0 aromatic heterocycles. The number of hydrogen-bond acceptors (Lipinski definition) is 5. The largest absolute Gasteiger partial charge is 1.00 e. The molecule has 44 valence electrons. The van der Waals surface area contributed by atoms with Crippen molar-refractivity contribution in [2.45, 2.75) is 0 Å². The molecule has 0 bridgehead atoms. The van der Waals surface area contributed by atoms with Crippen molar-refractivity contribution in [3.8, 4) is 0 Å². The first-order chi connectivity index (χ1) is 3.13. The molecule has 0 amide bonds. The zero-order chi connectivity index (χ0) is 5.86. The van der Waals surface area contributed by atoms with E-state index in [2.05, 4.69) is 4.31 Å². The molecule has 0 rings (SSSR count). The van der Waals surface area contributed by atoms with Crippen molar-refractivity contribution in [3.63, 3.8) is 0 Å². The van der Waals surface area contributed by atoms with E-state index < -0.39 is 16.5 Å². The summed E-state index contributed by atoms with van der Waals surface area (Å²) in [6.45, 7) is 0. The Morgan fingerprint density at radius 3 is 1.22 bits per heavy atom. The quantitative estimate of drug-likeness (QED) is 0.342. The van der Waals surface area contributed by atoms with Gasteiger partial charge in [0.25, 0.3) is 0 Å². The van der Waals surface area contributed by atoms with Crippen LogP contribution in [-0.4, -0.2) is 0 Å². The molecular weight excluding hydrogens is 220 g/mol. The van der Waals surface area contributed by atoms with Gasteiger partial charge in [0.15, 0.2) is 0 Å². The molecule has 0 aliphatic carbocycles. The van der Waals surface area contributed by atoms with Gasteiger partial charge in [0.2, 0.25) is 0 Å². The smallest absolute Gasteiger partial charge is 0.781 e. The molecule has 2 unspecified atom stereocenters. The minimum absolute atomic E-state index is 0. The van der Waals surface area contributed by atoms with Gasteiger partial charge in [-0.1, -0.05) is 0 Å². The predicted octanol–water partition coefficient (Wildman–Crippen LogP) is -7.49. The SMILES string of the molecule is O=[PH]([O-])O[PH](=O)[O-].[K+].[K+]. The maximum atomic E-state index is 9.29. The van der Waals surface area contributed by atoms with Crippen LogP contribution < -0.4 is 113 Å². The molecule has 2 atom stereocenters.